The van der Waals surface area contributed by atoms with Crippen LogP contribution in [0.2, 0.25) is 0 Å². The molecule has 8 nitrogen and oxygen atoms in total. The summed E-state index contributed by atoms with van der Waals surface area (Å²) in [6.45, 7) is 46.6. The van der Waals surface area contributed by atoms with Gasteiger partial charge in [-0.3, -0.25) is 38.4 Å². The molecule has 4 saturated carbocycles. The summed E-state index contributed by atoms with van der Waals surface area (Å²) in [4.78, 5) is 97.8. The largest absolute Gasteiger partial charge is 0.299 e. The maximum Gasteiger partial charge on any atom is 0.142 e. The van der Waals surface area contributed by atoms with E-state index >= 15 is 0 Å². The highest BCUT2D eigenvalue weighted by Crippen LogP contribution is 2.48. The van der Waals surface area contributed by atoms with Crippen LogP contribution in [0.4, 0.5) is 0 Å². The van der Waals surface area contributed by atoms with Crippen LogP contribution in [0, 0.1) is 90.7 Å². The van der Waals surface area contributed by atoms with Crippen LogP contribution in [0.5, 0.6) is 0 Å². The van der Waals surface area contributed by atoms with Gasteiger partial charge in [-0.1, -0.05) is 185 Å². The Labute approximate surface area is 404 Å². The summed E-state index contributed by atoms with van der Waals surface area (Å²) in [7, 11) is 0. The van der Waals surface area contributed by atoms with Gasteiger partial charge in [0, 0.05) is 90.7 Å². The third-order valence-electron chi connectivity index (χ3n) is 14.0. The van der Waals surface area contributed by atoms with E-state index in [1.807, 2.05) is 166 Å². The van der Waals surface area contributed by atoms with Gasteiger partial charge in [-0.15, -0.1) is 0 Å². The summed E-state index contributed by atoms with van der Waals surface area (Å²) in [5.41, 5.74) is -2.58. The van der Waals surface area contributed by atoms with Crippen molar-refractivity contribution in [3.05, 3.63) is 0 Å². The predicted octanol–water partition coefficient (Wildman–Crippen LogP) is 13.8. The first kappa shape index (κ1) is 61.4. The number of hydrogen-bond acceptors (Lipinski definition) is 8. The topological polar surface area (TPSA) is 137 Å². The van der Waals surface area contributed by atoms with Crippen molar-refractivity contribution in [3.63, 3.8) is 0 Å². The van der Waals surface area contributed by atoms with Gasteiger partial charge in [0.25, 0.3) is 0 Å². The monoisotopic (exact) mass is 925 g/mol. The summed E-state index contributed by atoms with van der Waals surface area (Å²) >= 11 is 0. The number of Topliss-reactive ketones (excluding diaryl/α,β-unsaturated/α-hetero) is 8. The molecule has 0 heterocycles. The lowest BCUT2D eigenvalue weighted by molar-refractivity contribution is -0.146. The quantitative estimate of drug-likeness (QED) is 0.235. The predicted molar refractivity (Wildman–Crippen MR) is 270 cm³/mol. The molecule has 4 aliphatic rings. The van der Waals surface area contributed by atoms with Crippen LogP contribution in [-0.2, 0) is 38.4 Å². The molecule has 0 spiro atoms. The molecule has 0 aromatic rings. The summed E-state index contributed by atoms with van der Waals surface area (Å²) in [5.74, 6) is 1.81. The van der Waals surface area contributed by atoms with Crippen LogP contribution in [0.3, 0.4) is 0 Å². The van der Waals surface area contributed by atoms with E-state index < -0.39 is 0 Å². The Hall–Kier alpha value is -2.64. The zero-order chi connectivity index (χ0) is 52.3. The van der Waals surface area contributed by atoms with Gasteiger partial charge in [0.1, 0.15) is 46.3 Å². The summed E-state index contributed by atoms with van der Waals surface area (Å²) < 4.78 is 0. The highest BCUT2D eigenvalue weighted by atomic mass is 16.2. The van der Waals surface area contributed by atoms with Crippen LogP contribution in [0.25, 0.3) is 0 Å². The van der Waals surface area contributed by atoms with E-state index in [2.05, 4.69) is 0 Å². The molecule has 0 aromatic heterocycles. The lowest BCUT2D eigenvalue weighted by Gasteiger charge is -2.40. The van der Waals surface area contributed by atoms with E-state index in [4.69, 9.17) is 0 Å². The highest BCUT2D eigenvalue weighted by molar-refractivity contribution is 5.99. The van der Waals surface area contributed by atoms with Crippen molar-refractivity contribution >= 4 is 46.3 Å². The van der Waals surface area contributed by atoms with Crippen molar-refractivity contribution in [2.24, 2.45) is 90.7 Å². The zero-order valence-electron chi connectivity index (χ0n) is 47.0. The Kier molecular flexibility index (Phi) is 20.4. The first-order chi connectivity index (χ1) is 29.2. The van der Waals surface area contributed by atoms with Crippen molar-refractivity contribution in [1.82, 2.24) is 0 Å². The molecule has 0 bridgehead atoms. The Morgan fingerprint density at radius 1 is 0.212 bits per heavy atom. The summed E-state index contributed by atoms with van der Waals surface area (Å²) in [5, 5.41) is 0. The molecule has 4 fully saturated rings. The minimum absolute atomic E-state index is 0.00303. The van der Waals surface area contributed by atoms with E-state index in [1.54, 1.807) is 0 Å². The standard InChI is InChI=1S/C16H28O2.C15H26O2.C14H24O2.C13H22O2/c1-15(2,3)13(17)11-9-7-8-10-12(11)14(18)16(4,5)6;1-14(2,3)12(16)10-8-7-9-11(10)13(17)15(4,5)6;1-13(2,3)11(15)9-7-8-10(9)12(16)14(4,5)6;1-12(2,3)10(14)8-7-9(8)11(15)13(4,5)6/h11-12H,7-10H2,1-6H3;10-11H,7-9H2,1-6H3;9-10H,7-8H2,1-6H3;8-9H,7H2,1-6H3. The van der Waals surface area contributed by atoms with E-state index in [0.717, 1.165) is 64.2 Å². The lowest BCUT2D eigenvalue weighted by Crippen LogP contribution is -2.46. The first-order valence-electron chi connectivity index (χ1n) is 25.5. The van der Waals surface area contributed by atoms with Crippen molar-refractivity contribution in [2.75, 3.05) is 0 Å². The van der Waals surface area contributed by atoms with Crippen LogP contribution in [0.1, 0.15) is 230 Å². The Morgan fingerprint density at radius 2 is 0.348 bits per heavy atom. The smallest absolute Gasteiger partial charge is 0.142 e. The number of carbonyl (C=O) groups is 8. The number of carbonyl (C=O) groups excluding carboxylic acids is 8. The van der Waals surface area contributed by atoms with Gasteiger partial charge in [-0.05, 0) is 44.9 Å². The van der Waals surface area contributed by atoms with Crippen molar-refractivity contribution < 1.29 is 38.4 Å². The van der Waals surface area contributed by atoms with Gasteiger partial charge in [0.2, 0.25) is 0 Å². The maximum absolute atomic E-state index is 12.5. The molecule has 0 aromatic carbocycles. The fourth-order valence-corrected chi connectivity index (χ4v) is 9.70. The van der Waals surface area contributed by atoms with E-state index in [9.17, 15) is 38.4 Å². The SMILES string of the molecule is CC(C)(C)C(=O)C1CC1C(=O)C(C)(C)C.CC(C)(C)C(=O)C1CCC1C(=O)C(C)(C)C.CC(C)(C)C(=O)C1CCCC1C(=O)C(C)(C)C.CC(C)(C)C(=O)C1CCCCC1C(=O)C(C)(C)C. The van der Waals surface area contributed by atoms with Crippen LogP contribution < -0.4 is 0 Å². The van der Waals surface area contributed by atoms with Gasteiger partial charge < -0.3 is 0 Å². The van der Waals surface area contributed by atoms with E-state index in [-0.39, 0.29) is 137 Å². The molecular weight excluding hydrogens is 825 g/mol. The second-order valence-electron chi connectivity index (χ2n) is 28.8. The molecule has 66 heavy (non-hydrogen) atoms. The zero-order valence-corrected chi connectivity index (χ0v) is 47.0. The van der Waals surface area contributed by atoms with Crippen LogP contribution in [-0.4, -0.2) is 46.3 Å². The maximum atomic E-state index is 12.5. The second-order valence-corrected chi connectivity index (χ2v) is 28.8. The minimum Gasteiger partial charge on any atom is -0.299 e. The molecule has 0 radical (unpaired) electrons. The van der Waals surface area contributed by atoms with Crippen molar-refractivity contribution in [3.8, 4) is 0 Å². The Balaban J connectivity index is 0.000000441. The molecule has 8 unspecified atom stereocenters. The van der Waals surface area contributed by atoms with E-state index in [1.165, 1.54) is 0 Å². The fraction of sp³-hybridized carbons (Fsp3) is 0.862. The van der Waals surface area contributed by atoms with Gasteiger partial charge in [0.15, 0.2) is 0 Å². The van der Waals surface area contributed by atoms with Gasteiger partial charge >= 0.3 is 0 Å². The van der Waals surface area contributed by atoms with Crippen molar-refractivity contribution in [2.45, 2.75) is 230 Å². The molecule has 8 atom stereocenters. The van der Waals surface area contributed by atoms with E-state index in [0.29, 0.717) is 0 Å². The van der Waals surface area contributed by atoms with Gasteiger partial charge in [-0.2, -0.15) is 0 Å². The average Bonchev–Trinajstić information content (AvgIpc) is 3.76. The first-order valence-corrected chi connectivity index (χ1v) is 25.5. The van der Waals surface area contributed by atoms with Gasteiger partial charge in [0.05, 0.1) is 0 Å². The number of hydrogen-bond donors (Lipinski definition) is 0. The third-order valence-corrected chi connectivity index (χ3v) is 14.0. The molecule has 4 rings (SSSR count). The Bertz CT molecular complexity index is 1620. The normalized spacial score (nSPS) is 26.1. The number of rotatable bonds is 8. The molecule has 0 saturated heterocycles. The average molecular weight is 925 g/mol. The molecule has 0 N–H and O–H groups in total. The fourth-order valence-electron chi connectivity index (χ4n) is 9.70. The third kappa shape index (κ3) is 17.4. The van der Waals surface area contributed by atoms with Crippen molar-refractivity contribution in [1.29, 1.82) is 0 Å². The second kappa shape index (κ2) is 22.0. The molecule has 380 valence electrons. The number of ketones is 8. The highest BCUT2D eigenvalue weighted by Gasteiger charge is 2.53. The molecular formula is C58H100O8. The molecule has 8 heteroatoms. The lowest BCUT2D eigenvalue weighted by atomic mass is 9.61. The van der Waals surface area contributed by atoms with Gasteiger partial charge in [-0.25, -0.2) is 0 Å². The molecule has 4 aliphatic carbocycles. The minimum atomic E-state index is -0.335. The van der Waals surface area contributed by atoms with Crippen LogP contribution >= 0.6 is 0 Å². The summed E-state index contributed by atoms with van der Waals surface area (Å²) in [6, 6.07) is 0. The van der Waals surface area contributed by atoms with Crippen LogP contribution in [0.15, 0.2) is 0 Å². The molecule has 0 aliphatic heterocycles. The molecule has 0 amide bonds. The summed E-state index contributed by atoms with van der Waals surface area (Å²) in [6.07, 6.45) is 9.30. The Morgan fingerprint density at radius 3 is 0.500 bits per heavy atom.